The molecule has 0 atom stereocenters. The minimum absolute atomic E-state index is 0.757. The number of rotatable bonds is 3. The molecule has 3 aromatic rings. The van der Waals surface area contributed by atoms with E-state index >= 15 is 0 Å². The molecule has 0 spiro atoms. The van der Waals surface area contributed by atoms with Crippen molar-refractivity contribution in [2.45, 2.75) is 6.42 Å². The Morgan fingerprint density at radius 3 is 2.73 bits per heavy atom. The number of hydrogen-bond acceptors (Lipinski definition) is 4. The molecule has 5 nitrogen and oxygen atoms in total. The summed E-state index contributed by atoms with van der Waals surface area (Å²) in [7, 11) is 0. The maximum absolute atomic E-state index is 5.42. The van der Waals surface area contributed by atoms with E-state index in [9.17, 15) is 0 Å². The summed E-state index contributed by atoms with van der Waals surface area (Å²) in [5, 5.41) is 1.09. The predicted octanol–water partition coefficient (Wildman–Crippen LogP) is 2.39. The van der Waals surface area contributed by atoms with Crippen LogP contribution in [-0.4, -0.2) is 41.3 Å². The first kappa shape index (κ1) is 13.3. The van der Waals surface area contributed by atoms with Gasteiger partial charge < -0.3 is 14.6 Å². The van der Waals surface area contributed by atoms with Gasteiger partial charge in [0.05, 0.1) is 18.6 Å². The third kappa shape index (κ3) is 2.55. The number of nitrogens with zero attached hydrogens (tertiary/aromatic N) is 3. The number of aromatic nitrogens is 3. The fourth-order valence-corrected chi connectivity index (χ4v) is 2.92. The monoisotopic (exact) mass is 294 g/mol. The summed E-state index contributed by atoms with van der Waals surface area (Å²) in [5.74, 6) is 1.00. The molecule has 5 heteroatoms. The van der Waals surface area contributed by atoms with Gasteiger partial charge >= 0.3 is 0 Å². The van der Waals surface area contributed by atoms with Crippen molar-refractivity contribution in [3.05, 3.63) is 54.0 Å². The number of hydrogen-bond donors (Lipinski definition) is 1. The molecule has 0 amide bonds. The lowest BCUT2D eigenvalue weighted by Crippen LogP contribution is -2.36. The zero-order valence-electron chi connectivity index (χ0n) is 12.3. The van der Waals surface area contributed by atoms with Crippen molar-refractivity contribution < 1.29 is 4.74 Å². The molecular weight excluding hydrogens is 276 g/mol. The predicted molar refractivity (Wildman–Crippen MR) is 86.2 cm³/mol. The molecule has 112 valence electrons. The van der Waals surface area contributed by atoms with Gasteiger partial charge in [0.2, 0.25) is 0 Å². The highest BCUT2D eigenvalue weighted by Crippen LogP contribution is 2.25. The van der Waals surface area contributed by atoms with Crippen LogP contribution in [0.2, 0.25) is 0 Å². The van der Waals surface area contributed by atoms with Crippen LogP contribution in [0.15, 0.2) is 42.7 Å². The first-order valence-corrected chi connectivity index (χ1v) is 7.59. The van der Waals surface area contributed by atoms with Gasteiger partial charge in [0.25, 0.3) is 0 Å². The molecule has 1 N–H and O–H groups in total. The van der Waals surface area contributed by atoms with E-state index in [-0.39, 0.29) is 0 Å². The highest BCUT2D eigenvalue weighted by atomic mass is 16.5. The first-order chi connectivity index (χ1) is 10.9. The highest BCUT2D eigenvalue weighted by Gasteiger charge is 2.17. The minimum Gasteiger partial charge on any atom is -0.378 e. The van der Waals surface area contributed by atoms with Gasteiger partial charge in [-0.25, -0.2) is 9.97 Å². The molecule has 1 aliphatic rings. The van der Waals surface area contributed by atoms with Crippen LogP contribution in [0.5, 0.6) is 0 Å². The van der Waals surface area contributed by atoms with Gasteiger partial charge in [-0.3, -0.25) is 0 Å². The summed E-state index contributed by atoms with van der Waals surface area (Å²) in [6, 6.07) is 12.6. The Balaban J connectivity index is 1.68. The summed E-state index contributed by atoms with van der Waals surface area (Å²) in [4.78, 5) is 14.6. The summed E-state index contributed by atoms with van der Waals surface area (Å²) in [6.45, 7) is 3.27. The summed E-state index contributed by atoms with van der Waals surface area (Å²) in [6.07, 6.45) is 2.51. The van der Waals surface area contributed by atoms with Crippen LogP contribution in [0.1, 0.15) is 11.3 Å². The van der Waals surface area contributed by atoms with Crippen LogP contribution in [0.25, 0.3) is 11.0 Å². The number of ether oxygens (including phenoxy) is 1. The van der Waals surface area contributed by atoms with Crippen molar-refractivity contribution in [3.8, 4) is 0 Å². The number of morpholine rings is 1. The molecular formula is C17H18N4O. The van der Waals surface area contributed by atoms with Crippen LogP contribution < -0.4 is 4.90 Å². The Bertz CT molecular complexity index is 763. The molecule has 1 saturated heterocycles. The van der Waals surface area contributed by atoms with Gasteiger partial charge in [-0.2, -0.15) is 0 Å². The van der Waals surface area contributed by atoms with Crippen molar-refractivity contribution in [2.24, 2.45) is 0 Å². The molecule has 0 aliphatic carbocycles. The Hall–Kier alpha value is -2.40. The van der Waals surface area contributed by atoms with Gasteiger partial charge in [0.15, 0.2) is 0 Å². The molecule has 1 aliphatic heterocycles. The minimum atomic E-state index is 0.757. The number of benzene rings is 1. The summed E-state index contributed by atoms with van der Waals surface area (Å²) >= 11 is 0. The smallest absolute Gasteiger partial charge is 0.143 e. The molecule has 0 unspecified atom stereocenters. The van der Waals surface area contributed by atoms with Crippen molar-refractivity contribution in [2.75, 3.05) is 31.2 Å². The molecule has 4 rings (SSSR count). The van der Waals surface area contributed by atoms with E-state index in [2.05, 4.69) is 50.2 Å². The van der Waals surface area contributed by atoms with Crippen LogP contribution in [-0.2, 0) is 11.2 Å². The fraction of sp³-hybridized carbons (Fsp3) is 0.294. The van der Waals surface area contributed by atoms with Gasteiger partial charge in [-0.1, -0.05) is 30.3 Å². The Morgan fingerprint density at radius 1 is 1.09 bits per heavy atom. The lowest BCUT2D eigenvalue weighted by atomic mass is 10.1. The van der Waals surface area contributed by atoms with Crippen LogP contribution >= 0.6 is 0 Å². The number of aromatic amines is 1. The van der Waals surface area contributed by atoms with Crippen molar-refractivity contribution in [1.82, 2.24) is 15.0 Å². The van der Waals surface area contributed by atoms with E-state index in [0.29, 0.717) is 0 Å². The normalized spacial score (nSPS) is 15.4. The van der Waals surface area contributed by atoms with E-state index in [4.69, 9.17) is 4.74 Å². The van der Waals surface area contributed by atoms with Gasteiger partial charge in [0.1, 0.15) is 17.8 Å². The van der Waals surface area contributed by atoms with E-state index in [0.717, 1.165) is 55.3 Å². The molecule has 3 heterocycles. The van der Waals surface area contributed by atoms with Crippen molar-refractivity contribution >= 4 is 16.9 Å². The third-order valence-electron chi connectivity index (χ3n) is 4.01. The molecule has 0 radical (unpaired) electrons. The lowest BCUT2D eigenvalue weighted by Gasteiger charge is -2.27. The molecule has 22 heavy (non-hydrogen) atoms. The zero-order valence-corrected chi connectivity index (χ0v) is 12.3. The van der Waals surface area contributed by atoms with E-state index in [1.807, 2.05) is 6.07 Å². The van der Waals surface area contributed by atoms with Crippen LogP contribution in [0.4, 0.5) is 5.82 Å². The van der Waals surface area contributed by atoms with E-state index in [1.54, 1.807) is 6.33 Å². The van der Waals surface area contributed by atoms with Crippen molar-refractivity contribution in [1.29, 1.82) is 0 Å². The standard InChI is InChI=1S/C17H18N4O/c1-2-4-13(5-3-1)10-14-11-15-16(20-14)18-12-19-17(15)21-6-8-22-9-7-21/h1-5,11-12H,6-10H2,(H,18,19,20). The Morgan fingerprint density at radius 2 is 1.91 bits per heavy atom. The average Bonchev–Trinajstić information content (AvgIpc) is 2.99. The second kappa shape index (κ2) is 5.77. The highest BCUT2D eigenvalue weighted by molar-refractivity contribution is 5.88. The van der Waals surface area contributed by atoms with Gasteiger partial charge in [-0.05, 0) is 11.6 Å². The second-order valence-electron chi connectivity index (χ2n) is 5.52. The summed E-state index contributed by atoms with van der Waals surface area (Å²) < 4.78 is 5.42. The largest absolute Gasteiger partial charge is 0.378 e. The third-order valence-corrected chi connectivity index (χ3v) is 4.01. The molecule has 1 aromatic carbocycles. The average molecular weight is 294 g/mol. The molecule has 2 aromatic heterocycles. The number of anilines is 1. The number of H-pyrrole nitrogens is 1. The molecule has 1 fully saturated rings. The SMILES string of the molecule is c1ccc(Cc2cc3c(N4CCOCC4)ncnc3[nH]2)cc1. The Labute approximate surface area is 129 Å². The first-order valence-electron chi connectivity index (χ1n) is 7.59. The maximum Gasteiger partial charge on any atom is 0.143 e. The zero-order chi connectivity index (χ0) is 14.8. The fourth-order valence-electron chi connectivity index (χ4n) is 2.92. The van der Waals surface area contributed by atoms with Gasteiger partial charge in [0, 0.05) is 25.2 Å². The Kier molecular flexibility index (Phi) is 3.48. The topological polar surface area (TPSA) is 54.0 Å². The molecule has 0 saturated carbocycles. The molecule has 0 bridgehead atoms. The van der Waals surface area contributed by atoms with Crippen LogP contribution in [0, 0.1) is 0 Å². The van der Waals surface area contributed by atoms with E-state index in [1.165, 1.54) is 5.56 Å². The van der Waals surface area contributed by atoms with Crippen molar-refractivity contribution in [3.63, 3.8) is 0 Å². The second-order valence-corrected chi connectivity index (χ2v) is 5.52. The lowest BCUT2D eigenvalue weighted by molar-refractivity contribution is 0.122. The van der Waals surface area contributed by atoms with E-state index < -0.39 is 0 Å². The summed E-state index contributed by atoms with van der Waals surface area (Å²) in [5.41, 5.74) is 3.36. The van der Waals surface area contributed by atoms with Crippen LogP contribution in [0.3, 0.4) is 0 Å². The number of fused-ring (bicyclic) bond motifs is 1. The van der Waals surface area contributed by atoms with Gasteiger partial charge in [-0.15, -0.1) is 0 Å². The maximum atomic E-state index is 5.42. The quantitative estimate of drug-likeness (QED) is 0.806. The number of nitrogens with one attached hydrogen (secondary N) is 1.